The van der Waals surface area contributed by atoms with Crippen LogP contribution in [-0.2, 0) is 4.74 Å². The van der Waals surface area contributed by atoms with E-state index >= 15 is 0 Å². The van der Waals surface area contributed by atoms with Crippen molar-refractivity contribution >= 4 is 11.6 Å². The van der Waals surface area contributed by atoms with E-state index in [-0.39, 0.29) is 6.10 Å². The molecule has 2 N–H and O–H groups in total. The molecule has 0 radical (unpaired) electrons. The van der Waals surface area contributed by atoms with Gasteiger partial charge >= 0.3 is 0 Å². The van der Waals surface area contributed by atoms with Crippen molar-refractivity contribution in [2.45, 2.75) is 45.6 Å². The normalized spacial score (nSPS) is 15.0. The van der Waals surface area contributed by atoms with E-state index in [1.54, 1.807) is 0 Å². The van der Waals surface area contributed by atoms with Gasteiger partial charge in [0.25, 0.3) is 0 Å². The van der Waals surface area contributed by atoms with Gasteiger partial charge in [0, 0.05) is 25.1 Å². The van der Waals surface area contributed by atoms with Crippen molar-refractivity contribution in [3.05, 3.63) is 11.4 Å². The lowest BCUT2D eigenvalue weighted by molar-refractivity contribution is 0.0845. The fourth-order valence-electron chi connectivity index (χ4n) is 1.97. The average molecular weight is 264 g/mol. The molecule has 0 amide bonds. The Morgan fingerprint density at radius 2 is 2.05 bits per heavy atom. The SMILES string of the molecule is Cc1c(N)nc(C2CC2)nc1N(C)CCOC(C)C. The first-order chi connectivity index (χ1) is 8.99. The van der Waals surface area contributed by atoms with Crippen LogP contribution in [0.1, 0.15) is 44.0 Å². The molecular weight excluding hydrogens is 240 g/mol. The van der Waals surface area contributed by atoms with Crippen LogP contribution in [0.4, 0.5) is 11.6 Å². The molecule has 1 aromatic heterocycles. The minimum absolute atomic E-state index is 0.256. The zero-order valence-electron chi connectivity index (χ0n) is 12.3. The zero-order chi connectivity index (χ0) is 14.0. The second-order valence-electron chi connectivity index (χ2n) is 5.53. The number of hydrogen-bond acceptors (Lipinski definition) is 5. The summed E-state index contributed by atoms with van der Waals surface area (Å²) >= 11 is 0. The van der Waals surface area contributed by atoms with Crippen LogP contribution in [0, 0.1) is 6.92 Å². The van der Waals surface area contributed by atoms with Crippen molar-refractivity contribution < 1.29 is 4.74 Å². The largest absolute Gasteiger partial charge is 0.383 e. The Morgan fingerprint density at radius 1 is 1.37 bits per heavy atom. The predicted octanol–water partition coefficient (Wildman–Crippen LogP) is 2.11. The molecule has 0 unspecified atom stereocenters. The third kappa shape index (κ3) is 3.56. The van der Waals surface area contributed by atoms with E-state index in [4.69, 9.17) is 10.5 Å². The van der Waals surface area contributed by atoms with Gasteiger partial charge in [0.2, 0.25) is 0 Å². The van der Waals surface area contributed by atoms with Crippen molar-refractivity contribution in [3.63, 3.8) is 0 Å². The molecule has 1 fully saturated rings. The molecular formula is C14H24N4O. The van der Waals surface area contributed by atoms with Gasteiger partial charge in [-0.3, -0.25) is 0 Å². The molecule has 1 aliphatic carbocycles. The van der Waals surface area contributed by atoms with Crippen molar-refractivity contribution in [3.8, 4) is 0 Å². The van der Waals surface area contributed by atoms with Crippen molar-refractivity contribution in [2.75, 3.05) is 30.8 Å². The summed E-state index contributed by atoms with van der Waals surface area (Å²) in [5.41, 5.74) is 6.95. The molecule has 0 atom stereocenters. The molecule has 0 aliphatic heterocycles. The molecule has 2 rings (SSSR count). The average Bonchev–Trinajstić information content (AvgIpc) is 3.15. The molecule has 0 spiro atoms. The first kappa shape index (κ1) is 14.1. The number of hydrogen-bond donors (Lipinski definition) is 1. The number of nitrogen functional groups attached to an aromatic ring is 1. The van der Waals surface area contributed by atoms with Crippen LogP contribution in [-0.4, -0.2) is 36.3 Å². The Balaban J connectivity index is 2.08. The lowest BCUT2D eigenvalue weighted by Gasteiger charge is -2.22. The Bertz CT molecular complexity index is 443. The quantitative estimate of drug-likeness (QED) is 0.852. The molecule has 1 aliphatic rings. The summed E-state index contributed by atoms with van der Waals surface area (Å²) in [6.45, 7) is 7.55. The van der Waals surface area contributed by atoms with E-state index in [9.17, 15) is 0 Å². The number of nitrogens with two attached hydrogens (primary N) is 1. The predicted molar refractivity (Wildman–Crippen MR) is 77.5 cm³/mol. The summed E-state index contributed by atoms with van der Waals surface area (Å²) in [4.78, 5) is 11.2. The maximum absolute atomic E-state index is 5.99. The van der Waals surface area contributed by atoms with Crippen LogP contribution in [0.25, 0.3) is 0 Å². The molecule has 1 saturated carbocycles. The van der Waals surface area contributed by atoms with E-state index in [1.165, 1.54) is 12.8 Å². The van der Waals surface area contributed by atoms with Crippen molar-refractivity contribution in [1.82, 2.24) is 9.97 Å². The summed E-state index contributed by atoms with van der Waals surface area (Å²) < 4.78 is 5.58. The highest BCUT2D eigenvalue weighted by atomic mass is 16.5. The Labute approximate surface area is 115 Å². The number of aromatic nitrogens is 2. The Morgan fingerprint density at radius 3 is 2.63 bits per heavy atom. The molecule has 1 heterocycles. The van der Waals surface area contributed by atoms with Crippen molar-refractivity contribution in [2.24, 2.45) is 0 Å². The summed E-state index contributed by atoms with van der Waals surface area (Å²) in [6.07, 6.45) is 2.62. The molecule has 1 aromatic rings. The number of rotatable bonds is 6. The number of likely N-dealkylation sites (N-methyl/N-ethyl adjacent to an activating group) is 1. The number of nitrogens with zero attached hydrogens (tertiary/aromatic N) is 3. The molecule has 0 aromatic carbocycles. The topological polar surface area (TPSA) is 64.3 Å². The highest BCUT2D eigenvalue weighted by molar-refractivity contribution is 5.56. The van der Waals surface area contributed by atoms with E-state index in [0.29, 0.717) is 18.3 Å². The van der Waals surface area contributed by atoms with E-state index in [0.717, 1.165) is 23.8 Å². The van der Waals surface area contributed by atoms with E-state index in [1.807, 2.05) is 27.8 Å². The van der Waals surface area contributed by atoms with E-state index < -0.39 is 0 Å². The third-order valence-corrected chi connectivity index (χ3v) is 3.36. The Kier molecular flexibility index (Phi) is 4.24. The molecule has 5 nitrogen and oxygen atoms in total. The second-order valence-corrected chi connectivity index (χ2v) is 5.53. The van der Waals surface area contributed by atoms with Crippen LogP contribution in [0.15, 0.2) is 0 Å². The third-order valence-electron chi connectivity index (χ3n) is 3.36. The van der Waals surface area contributed by atoms with Crippen LogP contribution < -0.4 is 10.6 Å². The van der Waals surface area contributed by atoms with Gasteiger partial charge in [0.05, 0.1) is 12.7 Å². The smallest absolute Gasteiger partial charge is 0.137 e. The van der Waals surface area contributed by atoms with Gasteiger partial charge in [-0.15, -0.1) is 0 Å². The molecule has 106 valence electrons. The standard InChI is InChI=1S/C14H24N4O/c1-9(2)19-8-7-18(4)14-10(3)12(15)16-13(17-14)11-5-6-11/h9,11H,5-8H2,1-4H3,(H2,15,16,17). The summed E-state index contributed by atoms with van der Waals surface area (Å²) in [6, 6.07) is 0. The minimum Gasteiger partial charge on any atom is -0.383 e. The fraction of sp³-hybridized carbons (Fsp3) is 0.714. The van der Waals surface area contributed by atoms with Gasteiger partial charge in [0.1, 0.15) is 17.5 Å². The first-order valence-corrected chi connectivity index (χ1v) is 6.95. The molecule has 19 heavy (non-hydrogen) atoms. The lowest BCUT2D eigenvalue weighted by atomic mass is 10.2. The van der Waals surface area contributed by atoms with Crippen LogP contribution in [0.3, 0.4) is 0 Å². The number of ether oxygens (including phenoxy) is 1. The monoisotopic (exact) mass is 264 g/mol. The number of anilines is 2. The van der Waals surface area contributed by atoms with Crippen LogP contribution in [0.5, 0.6) is 0 Å². The van der Waals surface area contributed by atoms with Crippen LogP contribution in [0.2, 0.25) is 0 Å². The van der Waals surface area contributed by atoms with Gasteiger partial charge in [-0.05, 0) is 33.6 Å². The molecule has 0 saturated heterocycles. The fourth-order valence-corrected chi connectivity index (χ4v) is 1.97. The van der Waals surface area contributed by atoms with E-state index in [2.05, 4.69) is 14.9 Å². The zero-order valence-corrected chi connectivity index (χ0v) is 12.3. The van der Waals surface area contributed by atoms with Crippen molar-refractivity contribution in [1.29, 1.82) is 0 Å². The maximum atomic E-state index is 5.99. The molecule has 0 bridgehead atoms. The van der Waals surface area contributed by atoms with Crippen LogP contribution >= 0.6 is 0 Å². The summed E-state index contributed by atoms with van der Waals surface area (Å²) in [5.74, 6) is 2.95. The minimum atomic E-state index is 0.256. The van der Waals surface area contributed by atoms with Gasteiger partial charge in [0.15, 0.2) is 0 Å². The van der Waals surface area contributed by atoms with Gasteiger partial charge < -0.3 is 15.4 Å². The van der Waals surface area contributed by atoms with Gasteiger partial charge in [-0.1, -0.05) is 0 Å². The highest BCUT2D eigenvalue weighted by Crippen LogP contribution is 2.39. The molecule has 5 heteroatoms. The van der Waals surface area contributed by atoms with Gasteiger partial charge in [-0.2, -0.15) is 0 Å². The first-order valence-electron chi connectivity index (χ1n) is 6.95. The summed E-state index contributed by atoms with van der Waals surface area (Å²) in [5, 5.41) is 0. The maximum Gasteiger partial charge on any atom is 0.137 e. The summed E-state index contributed by atoms with van der Waals surface area (Å²) in [7, 11) is 2.02. The highest BCUT2D eigenvalue weighted by Gasteiger charge is 2.28. The van der Waals surface area contributed by atoms with Gasteiger partial charge in [-0.25, -0.2) is 9.97 Å². The Hall–Kier alpha value is -1.36. The lowest BCUT2D eigenvalue weighted by Crippen LogP contribution is -2.26. The second kappa shape index (κ2) is 5.74.